The molecule has 1 aliphatic heterocycles. The number of benzene rings is 1. The van der Waals surface area contributed by atoms with E-state index in [9.17, 15) is 9.90 Å². The van der Waals surface area contributed by atoms with Crippen molar-refractivity contribution in [3.8, 4) is 0 Å². The Bertz CT molecular complexity index is 407. The molecule has 1 amide bonds. The van der Waals surface area contributed by atoms with Crippen molar-refractivity contribution in [2.24, 2.45) is 0 Å². The number of likely N-dealkylation sites (tertiary alicyclic amines) is 1. The van der Waals surface area contributed by atoms with E-state index in [1.165, 1.54) is 0 Å². The molecule has 2 atom stereocenters. The fourth-order valence-electron chi connectivity index (χ4n) is 2.43. The highest BCUT2D eigenvalue weighted by Crippen LogP contribution is 2.18. The van der Waals surface area contributed by atoms with Crippen LogP contribution in [0.5, 0.6) is 0 Å². The molecule has 1 aromatic rings. The smallest absolute Gasteiger partial charge is 0.410 e. The van der Waals surface area contributed by atoms with Gasteiger partial charge in [-0.25, -0.2) is 4.79 Å². The van der Waals surface area contributed by atoms with Crippen LogP contribution in [0.2, 0.25) is 0 Å². The van der Waals surface area contributed by atoms with Crippen LogP contribution in [0, 0.1) is 0 Å². The number of hydrogen-bond donors (Lipinski definition) is 1. The molecule has 0 aromatic heterocycles. The summed E-state index contributed by atoms with van der Waals surface area (Å²) in [5, 5.41) is 9.69. The minimum Gasteiger partial charge on any atom is -0.445 e. The maximum atomic E-state index is 12.1. The third kappa shape index (κ3) is 3.96. The van der Waals surface area contributed by atoms with Gasteiger partial charge in [-0.3, -0.25) is 0 Å². The van der Waals surface area contributed by atoms with E-state index >= 15 is 0 Å². The zero-order valence-corrected chi connectivity index (χ0v) is 11.3. The Morgan fingerprint density at radius 1 is 1.42 bits per heavy atom. The Morgan fingerprint density at radius 2 is 2.16 bits per heavy atom. The van der Waals surface area contributed by atoms with Gasteiger partial charge in [-0.05, 0) is 31.7 Å². The van der Waals surface area contributed by atoms with E-state index in [1.807, 2.05) is 37.3 Å². The predicted octanol–water partition coefficient (Wildman–Crippen LogP) is 2.56. The zero-order chi connectivity index (χ0) is 13.7. The fraction of sp³-hybridized carbons (Fsp3) is 0.533. The highest BCUT2D eigenvalue weighted by atomic mass is 16.6. The zero-order valence-electron chi connectivity index (χ0n) is 11.3. The standard InChI is InChI=1S/C15H21NO3/c1-12-10-14(17)8-5-9-16(12)15(18)19-11-13-6-3-2-4-7-13/h2-4,6-7,12,14,17H,5,8-11H2,1H3. The van der Waals surface area contributed by atoms with E-state index < -0.39 is 0 Å². The van der Waals surface area contributed by atoms with Crippen molar-refractivity contribution >= 4 is 6.09 Å². The summed E-state index contributed by atoms with van der Waals surface area (Å²) in [6.07, 6.45) is 1.62. The van der Waals surface area contributed by atoms with Crippen molar-refractivity contribution in [1.82, 2.24) is 4.90 Å². The van der Waals surface area contributed by atoms with Crippen LogP contribution in [-0.2, 0) is 11.3 Å². The maximum absolute atomic E-state index is 12.1. The molecule has 0 aliphatic carbocycles. The molecule has 1 saturated heterocycles. The Balaban J connectivity index is 1.88. The van der Waals surface area contributed by atoms with E-state index in [1.54, 1.807) is 4.90 Å². The first kappa shape index (κ1) is 13.9. The van der Waals surface area contributed by atoms with Crippen LogP contribution < -0.4 is 0 Å². The molecule has 1 N–H and O–H groups in total. The van der Waals surface area contributed by atoms with Gasteiger partial charge in [0, 0.05) is 12.6 Å². The third-order valence-electron chi connectivity index (χ3n) is 3.52. The van der Waals surface area contributed by atoms with Crippen LogP contribution in [-0.4, -0.2) is 34.8 Å². The maximum Gasteiger partial charge on any atom is 0.410 e. The molecule has 2 rings (SSSR count). The van der Waals surface area contributed by atoms with Gasteiger partial charge in [0.25, 0.3) is 0 Å². The Hall–Kier alpha value is -1.55. The summed E-state index contributed by atoms with van der Waals surface area (Å²) in [4.78, 5) is 13.8. The van der Waals surface area contributed by atoms with Crippen molar-refractivity contribution in [3.63, 3.8) is 0 Å². The van der Waals surface area contributed by atoms with Gasteiger partial charge in [-0.1, -0.05) is 30.3 Å². The topological polar surface area (TPSA) is 49.8 Å². The molecule has 4 nitrogen and oxygen atoms in total. The number of ether oxygens (including phenoxy) is 1. The average Bonchev–Trinajstić information content (AvgIpc) is 2.58. The number of aliphatic hydroxyl groups is 1. The van der Waals surface area contributed by atoms with Crippen LogP contribution >= 0.6 is 0 Å². The number of rotatable bonds is 2. The minimum atomic E-state index is -0.304. The number of carbonyl (C=O) groups excluding carboxylic acids is 1. The van der Waals surface area contributed by atoms with Gasteiger partial charge in [0.05, 0.1) is 6.10 Å². The van der Waals surface area contributed by atoms with E-state index in [2.05, 4.69) is 0 Å². The van der Waals surface area contributed by atoms with Gasteiger partial charge < -0.3 is 14.7 Å². The highest BCUT2D eigenvalue weighted by Gasteiger charge is 2.26. The molecule has 1 heterocycles. The Kier molecular flexibility index (Phi) is 4.80. The first-order valence-electron chi connectivity index (χ1n) is 6.82. The quantitative estimate of drug-likeness (QED) is 0.892. The molecule has 4 heteroatoms. The summed E-state index contributed by atoms with van der Waals surface area (Å²) in [6, 6.07) is 9.68. The largest absolute Gasteiger partial charge is 0.445 e. The molecular formula is C15H21NO3. The molecule has 0 spiro atoms. The van der Waals surface area contributed by atoms with E-state index in [0.29, 0.717) is 19.6 Å². The molecule has 2 unspecified atom stereocenters. The molecule has 104 valence electrons. The molecule has 0 radical (unpaired) electrons. The monoisotopic (exact) mass is 263 g/mol. The van der Waals surface area contributed by atoms with Gasteiger partial charge in [-0.15, -0.1) is 0 Å². The summed E-state index contributed by atoms with van der Waals surface area (Å²) >= 11 is 0. The van der Waals surface area contributed by atoms with Crippen LogP contribution in [0.3, 0.4) is 0 Å². The third-order valence-corrected chi connectivity index (χ3v) is 3.52. The second-order valence-corrected chi connectivity index (χ2v) is 5.11. The minimum absolute atomic E-state index is 0.0285. The van der Waals surface area contributed by atoms with Crippen molar-refractivity contribution in [2.45, 2.75) is 44.9 Å². The van der Waals surface area contributed by atoms with E-state index in [4.69, 9.17) is 4.74 Å². The van der Waals surface area contributed by atoms with E-state index in [0.717, 1.165) is 18.4 Å². The molecule has 0 bridgehead atoms. The SMILES string of the molecule is CC1CC(O)CCCN1C(=O)OCc1ccccc1. The number of carbonyl (C=O) groups is 1. The van der Waals surface area contributed by atoms with Crippen LogP contribution in [0.1, 0.15) is 31.7 Å². The first-order chi connectivity index (χ1) is 9.16. The molecule has 1 aromatic carbocycles. The van der Waals surface area contributed by atoms with Crippen molar-refractivity contribution < 1.29 is 14.6 Å². The predicted molar refractivity (Wildman–Crippen MR) is 72.7 cm³/mol. The first-order valence-corrected chi connectivity index (χ1v) is 6.82. The molecule has 1 aliphatic rings. The lowest BCUT2D eigenvalue weighted by atomic mass is 10.1. The van der Waals surface area contributed by atoms with Crippen molar-refractivity contribution in [1.29, 1.82) is 0 Å². The number of aliphatic hydroxyl groups excluding tert-OH is 1. The number of hydrogen-bond acceptors (Lipinski definition) is 3. The molecule has 1 fully saturated rings. The Morgan fingerprint density at radius 3 is 2.89 bits per heavy atom. The van der Waals surface area contributed by atoms with Crippen LogP contribution in [0.25, 0.3) is 0 Å². The summed E-state index contributed by atoms with van der Waals surface area (Å²) in [6.45, 7) is 2.91. The summed E-state index contributed by atoms with van der Waals surface area (Å²) < 4.78 is 5.33. The van der Waals surface area contributed by atoms with Crippen LogP contribution in [0.4, 0.5) is 4.79 Å². The summed E-state index contributed by atoms with van der Waals surface area (Å²) in [5.41, 5.74) is 0.985. The van der Waals surface area contributed by atoms with E-state index in [-0.39, 0.29) is 18.2 Å². The van der Waals surface area contributed by atoms with Gasteiger partial charge in [0.15, 0.2) is 0 Å². The average molecular weight is 263 g/mol. The van der Waals surface area contributed by atoms with Crippen molar-refractivity contribution in [3.05, 3.63) is 35.9 Å². The van der Waals surface area contributed by atoms with Gasteiger partial charge in [0.1, 0.15) is 6.61 Å². The fourth-order valence-corrected chi connectivity index (χ4v) is 2.43. The second-order valence-electron chi connectivity index (χ2n) is 5.11. The van der Waals surface area contributed by atoms with Crippen molar-refractivity contribution in [2.75, 3.05) is 6.54 Å². The van der Waals surface area contributed by atoms with Gasteiger partial charge >= 0.3 is 6.09 Å². The van der Waals surface area contributed by atoms with Crippen LogP contribution in [0.15, 0.2) is 30.3 Å². The Labute approximate surface area is 114 Å². The lowest BCUT2D eigenvalue weighted by Gasteiger charge is -2.26. The molecule has 0 saturated carbocycles. The molecular weight excluding hydrogens is 242 g/mol. The number of nitrogens with zero attached hydrogens (tertiary/aromatic N) is 1. The van der Waals surface area contributed by atoms with Gasteiger partial charge in [0.2, 0.25) is 0 Å². The van der Waals surface area contributed by atoms with Gasteiger partial charge in [-0.2, -0.15) is 0 Å². The number of amides is 1. The lowest BCUT2D eigenvalue weighted by Crippen LogP contribution is -2.39. The highest BCUT2D eigenvalue weighted by molar-refractivity contribution is 5.68. The normalized spacial score (nSPS) is 23.8. The molecule has 19 heavy (non-hydrogen) atoms. The summed E-state index contributed by atoms with van der Waals surface area (Å²) in [7, 11) is 0. The lowest BCUT2D eigenvalue weighted by molar-refractivity contribution is 0.0782. The second kappa shape index (κ2) is 6.57. The summed E-state index contributed by atoms with van der Waals surface area (Å²) in [5.74, 6) is 0.